The Hall–Kier alpha value is -2.13. The minimum atomic E-state index is 0.274. The van der Waals surface area contributed by atoms with Gasteiger partial charge in [0.1, 0.15) is 17.0 Å². The zero-order valence-electron chi connectivity index (χ0n) is 15.1. The quantitative estimate of drug-likeness (QED) is 0.619. The van der Waals surface area contributed by atoms with Gasteiger partial charge in [-0.1, -0.05) is 41.9 Å². The Morgan fingerprint density at radius 2 is 2.12 bits per heavy atom. The largest absolute Gasteiger partial charge is 0.383 e. The Morgan fingerprint density at radius 1 is 1.35 bits per heavy atom. The molecule has 6 heteroatoms. The summed E-state index contributed by atoms with van der Waals surface area (Å²) < 4.78 is 5.11. The van der Waals surface area contributed by atoms with Crippen LogP contribution in [0.5, 0.6) is 0 Å². The van der Waals surface area contributed by atoms with Gasteiger partial charge in [0.25, 0.3) is 0 Å². The molecule has 0 amide bonds. The molecule has 2 heterocycles. The predicted molar refractivity (Wildman–Crippen MR) is 103 cm³/mol. The van der Waals surface area contributed by atoms with E-state index in [9.17, 15) is 5.26 Å². The number of nitriles is 1. The van der Waals surface area contributed by atoms with Crippen LogP contribution in [0.3, 0.4) is 0 Å². The summed E-state index contributed by atoms with van der Waals surface area (Å²) in [6.45, 7) is 5.06. The van der Waals surface area contributed by atoms with Gasteiger partial charge in [0, 0.05) is 38.3 Å². The molecule has 1 aliphatic heterocycles. The van der Waals surface area contributed by atoms with Crippen molar-refractivity contribution in [2.75, 3.05) is 32.1 Å². The highest BCUT2D eigenvalue weighted by Gasteiger charge is 2.27. The number of nitrogens with zero attached hydrogens (tertiary/aromatic N) is 3. The van der Waals surface area contributed by atoms with Crippen LogP contribution in [-0.2, 0) is 17.7 Å². The number of benzene rings is 1. The monoisotopic (exact) mass is 370 g/mol. The minimum absolute atomic E-state index is 0.274. The SMILES string of the molecule is COCCNc1nc(Cl)c(C#N)c2c1CN(C(C)c1ccccc1)CC2. The third-order valence-electron chi connectivity index (χ3n) is 4.92. The molecule has 1 atom stereocenters. The van der Waals surface area contributed by atoms with Gasteiger partial charge in [-0.25, -0.2) is 4.98 Å². The molecule has 1 aliphatic rings. The predicted octanol–water partition coefficient (Wildman–Crippen LogP) is 3.78. The molecule has 0 fully saturated rings. The van der Waals surface area contributed by atoms with Gasteiger partial charge in [-0.15, -0.1) is 0 Å². The lowest BCUT2D eigenvalue weighted by atomic mass is 9.94. The number of hydrogen-bond acceptors (Lipinski definition) is 5. The maximum absolute atomic E-state index is 9.50. The van der Waals surface area contributed by atoms with E-state index < -0.39 is 0 Å². The van der Waals surface area contributed by atoms with Gasteiger partial charge >= 0.3 is 0 Å². The molecule has 0 saturated carbocycles. The van der Waals surface area contributed by atoms with E-state index in [-0.39, 0.29) is 11.2 Å². The van der Waals surface area contributed by atoms with Crippen LogP contribution in [0.2, 0.25) is 5.15 Å². The molecule has 1 aromatic heterocycles. The van der Waals surface area contributed by atoms with Gasteiger partial charge in [0.15, 0.2) is 0 Å². The van der Waals surface area contributed by atoms with Gasteiger partial charge in [-0.2, -0.15) is 5.26 Å². The molecule has 0 saturated heterocycles. The first-order valence-electron chi connectivity index (χ1n) is 8.78. The second kappa shape index (κ2) is 8.50. The topological polar surface area (TPSA) is 61.2 Å². The lowest BCUT2D eigenvalue weighted by molar-refractivity contribution is 0.192. The average molecular weight is 371 g/mol. The molecule has 5 nitrogen and oxygen atoms in total. The molecule has 0 radical (unpaired) electrons. The van der Waals surface area contributed by atoms with Crippen LogP contribution >= 0.6 is 11.6 Å². The first-order valence-corrected chi connectivity index (χ1v) is 9.16. The van der Waals surface area contributed by atoms with E-state index in [1.54, 1.807) is 7.11 Å². The highest BCUT2D eigenvalue weighted by Crippen LogP contribution is 2.34. The summed E-state index contributed by atoms with van der Waals surface area (Å²) in [7, 11) is 1.67. The number of aromatic nitrogens is 1. The molecule has 26 heavy (non-hydrogen) atoms. The summed E-state index contributed by atoms with van der Waals surface area (Å²) in [6, 6.07) is 13.0. The smallest absolute Gasteiger partial charge is 0.149 e. The fourth-order valence-electron chi connectivity index (χ4n) is 3.43. The number of ether oxygens (including phenoxy) is 1. The van der Waals surface area contributed by atoms with E-state index in [2.05, 4.69) is 52.5 Å². The third kappa shape index (κ3) is 3.83. The van der Waals surface area contributed by atoms with Crippen LogP contribution in [0.15, 0.2) is 30.3 Å². The van der Waals surface area contributed by atoms with Crippen molar-refractivity contribution in [3.8, 4) is 6.07 Å². The van der Waals surface area contributed by atoms with E-state index in [0.717, 1.165) is 36.5 Å². The number of methoxy groups -OCH3 is 1. The Kier molecular flexibility index (Phi) is 6.10. The Balaban J connectivity index is 1.91. The van der Waals surface area contributed by atoms with E-state index in [1.807, 2.05) is 6.07 Å². The lowest BCUT2D eigenvalue weighted by Crippen LogP contribution is -2.34. The molecule has 0 spiro atoms. The summed E-state index contributed by atoms with van der Waals surface area (Å²) in [5.74, 6) is 0.756. The van der Waals surface area contributed by atoms with Gasteiger partial charge in [0.05, 0.1) is 12.2 Å². The van der Waals surface area contributed by atoms with Crippen molar-refractivity contribution < 1.29 is 4.74 Å². The first-order chi connectivity index (χ1) is 12.7. The number of fused-ring (bicyclic) bond motifs is 1. The van der Waals surface area contributed by atoms with Crippen LogP contribution in [-0.4, -0.2) is 36.7 Å². The number of halogens is 1. The number of hydrogen-bond donors (Lipinski definition) is 1. The van der Waals surface area contributed by atoms with Crippen molar-refractivity contribution >= 4 is 17.4 Å². The molecule has 3 rings (SSSR count). The van der Waals surface area contributed by atoms with E-state index >= 15 is 0 Å². The van der Waals surface area contributed by atoms with Crippen molar-refractivity contribution in [3.63, 3.8) is 0 Å². The van der Waals surface area contributed by atoms with Crippen LogP contribution < -0.4 is 5.32 Å². The van der Waals surface area contributed by atoms with Crippen molar-refractivity contribution in [1.29, 1.82) is 5.26 Å². The zero-order valence-corrected chi connectivity index (χ0v) is 15.9. The van der Waals surface area contributed by atoms with Gasteiger partial charge in [-0.05, 0) is 24.5 Å². The second-order valence-electron chi connectivity index (χ2n) is 6.42. The van der Waals surface area contributed by atoms with Crippen LogP contribution in [0.1, 0.15) is 35.2 Å². The highest BCUT2D eigenvalue weighted by molar-refractivity contribution is 6.30. The van der Waals surface area contributed by atoms with Gasteiger partial charge in [0.2, 0.25) is 0 Å². The maximum Gasteiger partial charge on any atom is 0.149 e. The molecule has 1 aromatic carbocycles. The second-order valence-corrected chi connectivity index (χ2v) is 6.78. The van der Waals surface area contributed by atoms with Crippen molar-refractivity contribution in [2.45, 2.75) is 25.9 Å². The van der Waals surface area contributed by atoms with E-state index in [4.69, 9.17) is 16.3 Å². The van der Waals surface area contributed by atoms with Crippen molar-refractivity contribution in [2.24, 2.45) is 0 Å². The summed E-state index contributed by atoms with van der Waals surface area (Å²) in [6.07, 6.45) is 0.788. The van der Waals surface area contributed by atoms with Crippen LogP contribution in [0.25, 0.3) is 0 Å². The van der Waals surface area contributed by atoms with E-state index in [0.29, 0.717) is 18.7 Å². The molecule has 0 aliphatic carbocycles. The normalized spacial score (nSPS) is 15.2. The molecule has 1 N–H and O–H groups in total. The van der Waals surface area contributed by atoms with Crippen LogP contribution in [0.4, 0.5) is 5.82 Å². The number of anilines is 1. The first kappa shape index (κ1) is 18.7. The number of rotatable bonds is 6. The Bertz CT molecular complexity index is 804. The minimum Gasteiger partial charge on any atom is -0.383 e. The maximum atomic E-state index is 9.50. The molecule has 1 unspecified atom stereocenters. The molecule has 0 bridgehead atoms. The molecular weight excluding hydrogens is 348 g/mol. The summed E-state index contributed by atoms with van der Waals surface area (Å²) >= 11 is 6.26. The van der Waals surface area contributed by atoms with Crippen LogP contribution in [0, 0.1) is 11.3 Å². The standard InChI is InChI=1S/C20H23ClN4O/c1-14(15-6-4-3-5-7-15)25-10-8-16-17(12-22)19(21)24-20(18(16)13-25)23-9-11-26-2/h3-7,14H,8-11,13H2,1-2H3,(H,23,24). The fraction of sp³-hybridized carbons (Fsp3) is 0.400. The number of nitrogens with one attached hydrogen (secondary N) is 1. The van der Waals surface area contributed by atoms with Gasteiger partial charge in [-0.3, -0.25) is 4.90 Å². The zero-order chi connectivity index (χ0) is 18.5. The molecule has 2 aromatic rings. The summed E-state index contributed by atoms with van der Waals surface area (Å²) in [5, 5.41) is 13.1. The molecular formula is C20H23ClN4O. The third-order valence-corrected chi connectivity index (χ3v) is 5.19. The van der Waals surface area contributed by atoms with Crippen molar-refractivity contribution in [1.82, 2.24) is 9.88 Å². The Morgan fingerprint density at radius 3 is 2.81 bits per heavy atom. The Labute approximate surface area is 159 Å². The fourth-order valence-corrected chi connectivity index (χ4v) is 3.67. The number of pyridine rings is 1. The van der Waals surface area contributed by atoms with Gasteiger partial charge < -0.3 is 10.1 Å². The highest BCUT2D eigenvalue weighted by atomic mass is 35.5. The average Bonchev–Trinajstić information content (AvgIpc) is 2.68. The summed E-state index contributed by atoms with van der Waals surface area (Å²) in [5.41, 5.74) is 3.87. The van der Waals surface area contributed by atoms with Crippen molar-refractivity contribution in [3.05, 3.63) is 57.7 Å². The lowest BCUT2D eigenvalue weighted by Gasteiger charge is -2.35. The van der Waals surface area contributed by atoms with E-state index in [1.165, 1.54) is 5.56 Å². The molecule has 136 valence electrons. The summed E-state index contributed by atoms with van der Waals surface area (Å²) in [4.78, 5) is 6.86.